The first kappa shape index (κ1) is 20.6. The van der Waals surface area contributed by atoms with E-state index in [0.717, 1.165) is 62.4 Å². The highest BCUT2D eigenvalue weighted by atomic mass is 32.1. The lowest BCUT2D eigenvalue weighted by Crippen LogP contribution is -2.68. The molecule has 0 saturated carbocycles. The van der Waals surface area contributed by atoms with Crippen molar-refractivity contribution in [1.82, 2.24) is 30.1 Å². The molecule has 3 aliphatic heterocycles. The number of aryl methyl sites for hydroxylation is 1. The SMILES string of the molecule is Cc1[nH]cnc1CN1C[C@@H]2C[C@H](C1)[C@H](C(=O)NCCc1cscn1)N1C(=O)CCC[C@@H]21. The van der Waals surface area contributed by atoms with Gasteiger partial charge in [0.2, 0.25) is 11.8 Å². The van der Waals surface area contributed by atoms with E-state index in [1.807, 2.05) is 22.7 Å². The molecule has 5 heterocycles. The van der Waals surface area contributed by atoms with Crippen LogP contribution in [0.1, 0.15) is 42.8 Å². The largest absolute Gasteiger partial charge is 0.354 e. The Morgan fingerprint density at radius 2 is 2.19 bits per heavy atom. The minimum absolute atomic E-state index is 0.00303. The van der Waals surface area contributed by atoms with Crippen molar-refractivity contribution in [3.05, 3.63) is 34.3 Å². The Morgan fingerprint density at radius 1 is 1.32 bits per heavy atom. The fourth-order valence-electron chi connectivity index (χ4n) is 5.76. The van der Waals surface area contributed by atoms with Gasteiger partial charge in [0.25, 0.3) is 0 Å². The lowest BCUT2D eigenvalue weighted by molar-refractivity contribution is -0.160. The molecule has 0 unspecified atom stereocenters. The van der Waals surface area contributed by atoms with E-state index in [-0.39, 0.29) is 29.8 Å². The monoisotopic (exact) mass is 442 g/mol. The topological polar surface area (TPSA) is 94.2 Å². The molecule has 0 radical (unpaired) electrons. The molecule has 4 atom stereocenters. The summed E-state index contributed by atoms with van der Waals surface area (Å²) in [7, 11) is 0. The fraction of sp³-hybridized carbons (Fsp3) is 0.636. The molecule has 2 bridgehead atoms. The molecule has 2 amide bonds. The second kappa shape index (κ2) is 8.70. The van der Waals surface area contributed by atoms with Crippen LogP contribution in [-0.2, 0) is 22.6 Å². The fourth-order valence-corrected chi connectivity index (χ4v) is 6.35. The number of carbonyl (C=O) groups excluding carboxylic acids is 2. The van der Waals surface area contributed by atoms with Gasteiger partial charge in [0.1, 0.15) is 6.04 Å². The number of carbonyl (C=O) groups is 2. The van der Waals surface area contributed by atoms with Gasteiger partial charge in [-0.05, 0) is 32.1 Å². The van der Waals surface area contributed by atoms with Crippen LogP contribution in [-0.4, -0.2) is 68.3 Å². The normalized spacial score (nSPS) is 28.4. The van der Waals surface area contributed by atoms with E-state index in [1.54, 1.807) is 17.7 Å². The molecule has 8 nitrogen and oxygen atoms in total. The van der Waals surface area contributed by atoms with E-state index >= 15 is 0 Å². The zero-order valence-electron chi connectivity index (χ0n) is 17.9. The first-order valence-corrected chi connectivity index (χ1v) is 12.2. The third-order valence-corrected chi connectivity index (χ3v) is 7.79. The molecule has 166 valence electrons. The quantitative estimate of drug-likeness (QED) is 0.711. The van der Waals surface area contributed by atoms with Crippen LogP contribution < -0.4 is 5.32 Å². The average Bonchev–Trinajstić information content (AvgIpc) is 3.41. The van der Waals surface area contributed by atoms with Crippen molar-refractivity contribution in [3.63, 3.8) is 0 Å². The number of hydrogen-bond donors (Lipinski definition) is 2. The summed E-state index contributed by atoms with van der Waals surface area (Å²) < 4.78 is 0. The molecule has 3 fully saturated rings. The standard InChI is InChI=1S/C22H30N6O2S/c1-14-18(25-12-24-14)10-27-8-15-7-16(9-27)21(28-19(15)3-2-4-20(28)29)22(30)23-6-5-17-11-31-13-26-17/h11-13,15-16,19,21H,2-10H2,1H3,(H,23,30)(H,24,25)/t15-,16+,19-,21+/m0/s1. The van der Waals surface area contributed by atoms with Crippen LogP contribution in [0.2, 0.25) is 0 Å². The number of fused-ring (bicyclic) bond motifs is 4. The Balaban J connectivity index is 1.32. The number of thiazole rings is 1. The van der Waals surface area contributed by atoms with Crippen molar-refractivity contribution < 1.29 is 9.59 Å². The summed E-state index contributed by atoms with van der Waals surface area (Å²) in [6.07, 6.45) is 5.98. The van der Waals surface area contributed by atoms with Crippen molar-refractivity contribution in [1.29, 1.82) is 0 Å². The predicted octanol–water partition coefficient (Wildman–Crippen LogP) is 1.73. The number of hydrogen-bond acceptors (Lipinski definition) is 6. The first-order chi connectivity index (χ1) is 15.1. The molecule has 31 heavy (non-hydrogen) atoms. The number of aromatic nitrogens is 3. The van der Waals surface area contributed by atoms with Gasteiger partial charge in [-0.25, -0.2) is 9.97 Å². The van der Waals surface area contributed by atoms with Crippen LogP contribution >= 0.6 is 11.3 Å². The van der Waals surface area contributed by atoms with Crippen molar-refractivity contribution >= 4 is 23.2 Å². The Labute approximate surface area is 186 Å². The number of amides is 2. The smallest absolute Gasteiger partial charge is 0.243 e. The number of piperidine rings is 3. The van der Waals surface area contributed by atoms with Crippen molar-refractivity contribution in [2.45, 2.75) is 57.7 Å². The molecule has 2 aromatic heterocycles. The Kier molecular flexibility index (Phi) is 5.79. The van der Waals surface area contributed by atoms with Crippen LogP contribution in [0.4, 0.5) is 0 Å². The summed E-state index contributed by atoms with van der Waals surface area (Å²) in [6.45, 7) is 5.19. The van der Waals surface area contributed by atoms with Gasteiger partial charge in [-0.1, -0.05) is 0 Å². The third-order valence-electron chi connectivity index (χ3n) is 7.16. The molecule has 2 aromatic rings. The molecule has 2 N–H and O–H groups in total. The van der Waals surface area contributed by atoms with Gasteiger partial charge in [-0.3, -0.25) is 14.5 Å². The number of rotatable bonds is 6. The maximum absolute atomic E-state index is 13.3. The van der Waals surface area contributed by atoms with Gasteiger partial charge in [0.15, 0.2) is 0 Å². The molecule has 3 aliphatic rings. The van der Waals surface area contributed by atoms with E-state index in [2.05, 4.69) is 25.2 Å². The van der Waals surface area contributed by atoms with Crippen LogP contribution in [0.15, 0.2) is 17.2 Å². The Bertz CT molecular complexity index is 928. The highest BCUT2D eigenvalue weighted by Gasteiger charge is 2.51. The molecule has 3 saturated heterocycles. The van der Waals surface area contributed by atoms with Crippen molar-refractivity contribution in [3.8, 4) is 0 Å². The van der Waals surface area contributed by atoms with Crippen LogP contribution in [0, 0.1) is 18.8 Å². The summed E-state index contributed by atoms with van der Waals surface area (Å²) >= 11 is 1.57. The summed E-state index contributed by atoms with van der Waals surface area (Å²) in [4.78, 5) is 42.6. The second-order valence-electron chi connectivity index (χ2n) is 9.15. The predicted molar refractivity (Wildman–Crippen MR) is 117 cm³/mol. The molecular formula is C22H30N6O2S. The summed E-state index contributed by atoms with van der Waals surface area (Å²) in [5.74, 6) is 0.746. The maximum atomic E-state index is 13.3. The third kappa shape index (κ3) is 4.13. The molecule has 0 aliphatic carbocycles. The number of imidazole rings is 1. The van der Waals surface area contributed by atoms with E-state index in [9.17, 15) is 9.59 Å². The number of H-pyrrole nitrogens is 1. The Morgan fingerprint density at radius 3 is 2.97 bits per heavy atom. The van der Waals surface area contributed by atoms with Crippen LogP contribution in [0.5, 0.6) is 0 Å². The molecular weight excluding hydrogens is 412 g/mol. The van der Waals surface area contributed by atoms with Gasteiger partial charge in [0, 0.05) is 62.1 Å². The van der Waals surface area contributed by atoms with Crippen LogP contribution in [0.3, 0.4) is 0 Å². The zero-order valence-corrected chi connectivity index (χ0v) is 18.7. The van der Waals surface area contributed by atoms with Crippen molar-refractivity contribution in [2.75, 3.05) is 19.6 Å². The van der Waals surface area contributed by atoms with E-state index in [0.29, 0.717) is 18.9 Å². The highest BCUT2D eigenvalue weighted by Crippen LogP contribution is 2.42. The minimum atomic E-state index is -0.368. The van der Waals surface area contributed by atoms with Gasteiger partial charge in [-0.15, -0.1) is 11.3 Å². The number of nitrogens with zero attached hydrogens (tertiary/aromatic N) is 4. The lowest BCUT2D eigenvalue weighted by atomic mass is 9.71. The first-order valence-electron chi connectivity index (χ1n) is 11.3. The number of likely N-dealkylation sites (tertiary alicyclic amines) is 1. The average molecular weight is 443 g/mol. The highest BCUT2D eigenvalue weighted by molar-refractivity contribution is 7.07. The molecule has 9 heteroatoms. The van der Waals surface area contributed by atoms with Gasteiger partial charge >= 0.3 is 0 Å². The summed E-state index contributed by atoms with van der Waals surface area (Å²) in [5.41, 5.74) is 4.98. The van der Waals surface area contributed by atoms with Crippen LogP contribution in [0.25, 0.3) is 0 Å². The Hall–Kier alpha value is -2.26. The van der Waals surface area contributed by atoms with Gasteiger partial charge in [-0.2, -0.15) is 0 Å². The number of aromatic amines is 1. The maximum Gasteiger partial charge on any atom is 0.243 e. The van der Waals surface area contributed by atoms with E-state index in [4.69, 9.17) is 0 Å². The van der Waals surface area contributed by atoms with Gasteiger partial charge < -0.3 is 15.2 Å². The summed E-state index contributed by atoms with van der Waals surface area (Å²) in [5, 5.41) is 5.12. The molecule has 5 rings (SSSR count). The lowest BCUT2D eigenvalue weighted by Gasteiger charge is -2.55. The molecule has 0 spiro atoms. The zero-order chi connectivity index (χ0) is 21.4. The van der Waals surface area contributed by atoms with E-state index < -0.39 is 0 Å². The van der Waals surface area contributed by atoms with E-state index in [1.165, 1.54) is 0 Å². The molecule has 0 aromatic carbocycles. The second-order valence-corrected chi connectivity index (χ2v) is 9.87. The van der Waals surface area contributed by atoms with Crippen molar-refractivity contribution in [2.24, 2.45) is 11.8 Å². The summed E-state index contributed by atoms with van der Waals surface area (Å²) in [6, 6.07) is -0.192. The van der Waals surface area contributed by atoms with Gasteiger partial charge in [0.05, 0.1) is 23.2 Å². The minimum Gasteiger partial charge on any atom is -0.354 e. The number of nitrogens with one attached hydrogen (secondary N) is 2.